The maximum absolute atomic E-state index is 12.2. The fourth-order valence-corrected chi connectivity index (χ4v) is 1.90. The number of benzene rings is 1. The van der Waals surface area contributed by atoms with Gasteiger partial charge in [-0.25, -0.2) is 0 Å². The predicted octanol–water partition coefficient (Wildman–Crippen LogP) is 2.91. The van der Waals surface area contributed by atoms with Crippen molar-refractivity contribution in [2.75, 3.05) is 6.61 Å². The van der Waals surface area contributed by atoms with E-state index in [-0.39, 0.29) is 18.4 Å². The van der Waals surface area contributed by atoms with Gasteiger partial charge < -0.3 is 15.2 Å². The van der Waals surface area contributed by atoms with Crippen LogP contribution in [0.15, 0.2) is 22.7 Å². The zero-order valence-corrected chi connectivity index (χ0v) is 11.6. The van der Waals surface area contributed by atoms with Crippen molar-refractivity contribution in [3.05, 3.63) is 28.2 Å². The Bertz CT molecular complexity index is 373. The number of hydrogen-bond acceptors (Lipinski definition) is 3. The smallest absolute Gasteiger partial charge is 0.387 e. The van der Waals surface area contributed by atoms with Crippen molar-refractivity contribution >= 4 is 15.9 Å². The van der Waals surface area contributed by atoms with Gasteiger partial charge in [0.2, 0.25) is 0 Å². The van der Waals surface area contributed by atoms with Crippen LogP contribution >= 0.6 is 15.9 Å². The number of aliphatic hydroxyl groups is 1. The molecule has 0 spiro atoms. The molecule has 0 heterocycles. The number of aliphatic hydroxyl groups excluding tert-OH is 1. The van der Waals surface area contributed by atoms with Crippen molar-refractivity contribution in [2.24, 2.45) is 0 Å². The number of ether oxygens (including phenoxy) is 1. The molecule has 3 nitrogen and oxygen atoms in total. The third-order valence-electron chi connectivity index (χ3n) is 2.53. The van der Waals surface area contributed by atoms with Gasteiger partial charge >= 0.3 is 6.61 Å². The van der Waals surface area contributed by atoms with Gasteiger partial charge in [-0.05, 0) is 24.6 Å². The molecule has 18 heavy (non-hydrogen) atoms. The van der Waals surface area contributed by atoms with E-state index in [2.05, 4.69) is 26.0 Å². The van der Waals surface area contributed by atoms with Crippen LogP contribution in [0.4, 0.5) is 8.78 Å². The average molecular weight is 324 g/mol. The van der Waals surface area contributed by atoms with Crippen molar-refractivity contribution in [1.82, 2.24) is 5.32 Å². The monoisotopic (exact) mass is 323 g/mol. The van der Waals surface area contributed by atoms with Crippen LogP contribution in [0.2, 0.25) is 0 Å². The van der Waals surface area contributed by atoms with Crippen molar-refractivity contribution < 1.29 is 18.6 Å². The Kier molecular flexibility index (Phi) is 6.52. The summed E-state index contributed by atoms with van der Waals surface area (Å²) in [4.78, 5) is 0. The fraction of sp³-hybridized carbons (Fsp3) is 0.500. The molecule has 0 aliphatic heterocycles. The lowest BCUT2D eigenvalue weighted by Gasteiger charge is -2.16. The average Bonchev–Trinajstić information content (AvgIpc) is 2.33. The lowest BCUT2D eigenvalue weighted by molar-refractivity contribution is -0.0505. The van der Waals surface area contributed by atoms with E-state index in [1.54, 1.807) is 12.1 Å². The third-order valence-corrected chi connectivity index (χ3v) is 3.03. The summed E-state index contributed by atoms with van der Waals surface area (Å²) in [7, 11) is 0. The lowest BCUT2D eigenvalue weighted by atomic mass is 10.1. The first-order valence-electron chi connectivity index (χ1n) is 5.64. The van der Waals surface area contributed by atoms with E-state index >= 15 is 0 Å². The summed E-state index contributed by atoms with van der Waals surface area (Å²) in [6.07, 6.45) is 0.759. The molecule has 1 unspecified atom stereocenters. The minimum atomic E-state index is -2.84. The van der Waals surface area contributed by atoms with Gasteiger partial charge in [0.1, 0.15) is 5.75 Å². The normalized spacial score (nSPS) is 12.8. The van der Waals surface area contributed by atoms with E-state index in [9.17, 15) is 8.78 Å². The van der Waals surface area contributed by atoms with Crippen LogP contribution in [0.1, 0.15) is 18.9 Å². The predicted molar refractivity (Wildman–Crippen MR) is 68.8 cm³/mol. The minimum absolute atomic E-state index is 0.00947. The Morgan fingerprint density at radius 2 is 2.17 bits per heavy atom. The molecule has 0 aromatic heterocycles. The largest absolute Gasteiger partial charge is 0.434 e. The van der Waals surface area contributed by atoms with E-state index in [0.717, 1.165) is 10.9 Å². The maximum atomic E-state index is 12.2. The highest BCUT2D eigenvalue weighted by Gasteiger charge is 2.11. The molecular weight excluding hydrogens is 308 g/mol. The molecule has 0 fully saturated rings. The van der Waals surface area contributed by atoms with Crippen LogP contribution in [0, 0.1) is 0 Å². The molecule has 102 valence electrons. The van der Waals surface area contributed by atoms with Gasteiger partial charge in [-0.3, -0.25) is 0 Å². The molecule has 1 aromatic rings. The first kappa shape index (κ1) is 15.3. The van der Waals surface area contributed by atoms with Crippen LogP contribution in [-0.2, 0) is 6.54 Å². The molecule has 6 heteroatoms. The van der Waals surface area contributed by atoms with Crippen molar-refractivity contribution in [2.45, 2.75) is 32.5 Å². The summed E-state index contributed by atoms with van der Waals surface area (Å²) in [5.41, 5.74) is 0.622. The van der Waals surface area contributed by atoms with Gasteiger partial charge in [-0.15, -0.1) is 0 Å². The molecular formula is C12H16BrF2NO2. The summed E-state index contributed by atoms with van der Waals surface area (Å²) in [6.45, 7) is -0.536. The van der Waals surface area contributed by atoms with Crippen molar-refractivity contribution in [3.8, 4) is 5.75 Å². The van der Waals surface area contributed by atoms with Crippen LogP contribution in [-0.4, -0.2) is 24.4 Å². The molecule has 1 aromatic carbocycles. The SMILES string of the molecule is CCC(CO)NCc1cc(Br)ccc1OC(F)F. The maximum Gasteiger partial charge on any atom is 0.387 e. The Morgan fingerprint density at radius 1 is 1.44 bits per heavy atom. The topological polar surface area (TPSA) is 41.5 Å². The van der Waals surface area contributed by atoms with Gasteiger partial charge in [0.25, 0.3) is 0 Å². The minimum Gasteiger partial charge on any atom is -0.434 e. The molecule has 1 atom stereocenters. The second kappa shape index (κ2) is 7.66. The Balaban J connectivity index is 2.75. The Hall–Kier alpha value is -0.720. The highest BCUT2D eigenvalue weighted by Crippen LogP contribution is 2.24. The number of alkyl halides is 2. The van der Waals surface area contributed by atoms with E-state index in [4.69, 9.17) is 5.11 Å². The molecule has 0 bridgehead atoms. The fourth-order valence-electron chi connectivity index (χ4n) is 1.49. The van der Waals surface area contributed by atoms with Gasteiger partial charge in [-0.1, -0.05) is 22.9 Å². The molecule has 2 N–H and O–H groups in total. The van der Waals surface area contributed by atoms with Crippen molar-refractivity contribution in [3.63, 3.8) is 0 Å². The first-order valence-corrected chi connectivity index (χ1v) is 6.43. The van der Waals surface area contributed by atoms with Crippen LogP contribution < -0.4 is 10.1 Å². The van der Waals surface area contributed by atoms with Gasteiger partial charge in [0.15, 0.2) is 0 Å². The molecule has 1 rings (SSSR count). The van der Waals surface area contributed by atoms with E-state index in [0.29, 0.717) is 12.1 Å². The standard InChI is InChI=1S/C12H16BrF2NO2/c1-2-10(7-17)16-6-8-5-9(13)3-4-11(8)18-12(14)15/h3-5,10,12,16-17H,2,6-7H2,1H3. The Labute approximate surface area is 113 Å². The van der Waals surface area contributed by atoms with Gasteiger partial charge in [-0.2, -0.15) is 8.78 Å². The number of halogens is 3. The summed E-state index contributed by atoms with van der Waals surface area (Å²) < 4.78 is 29.7. The van der Waals surface area contributed by atoms with E-state index < -0.39 is 6.61 Å². The lowest BCUT2D eigenvalue weighted by Crippen LogP contribution is -2.31. The summed E-state index contributed by atoms with van der Waals surface area (Å²) in [5, 5.41) is 12.1. The highest BCUT2D eigenvalue weighted by molar-refractivity contribution is 9.10. The quantitative estimate of drug-likeness (QED) is 0.810. The molecule has 0 aliphatic rings. The summed E-state index contributed by atoms with van der Waals surface area (Å²) in [6, 6.07) is 4.80. The van der Waals surface area contributed by atoms with Crippen LogP contribution in [0.25, 0.3) is 0 Å². The third kappa shape index (κ3) is 4.88. The molecule has 0 amide bonds. The van der Waals surface area contributed by atoms with Crippen LogP contribution in [0.5, 0.6) is 5.75 Å². The van der Waals surface area contributed by atoms with Gasteiger partial charge in [0.05, 0.1) is 6.61 Å². The summed E-state index contributed by atoms with van der Waals surface area (Å²) in [5.74, 6) is 0.147. The Morgan fingerprint density at radius 3 is 2.72 bits per heavy atom. The number of rotatable bonds is 7. The van der Waals surface area contributed by atoms with E-state index in [1.165, 1.54) is 6.07 Å². The van der Waals surface area contributed by atoms with E-state index in [1.807, 2.05) is 6.92 Å². The molecule has 0 aliphatic carbocycles. The number of hydrogen-bond donors (Lipinski definition) is 2. The molecule has 0 radical (unpaired) electrons. The zero-order chi connectivity index (χ0) is 13.5. The highest BCUT2D eigenvalue weighted by atomic mass is 79.9. The molecule has 0 saturated carbocycles. The first-order chi connectivity index (χ1) is 8.56. The second-order valence-electron chi connectivity index (χ2n) is 3.80. The second-order valence-corrected chi connectivity index (χ2v) is 4.71. The number of nitrogens with one attached hydrogen (secondary N) is 1. The molecule has 0 saturated heterocycles. The van der Waals surface area contributed by atoms with Crippen molar-refractivity contribution in [1.29, 1.82) is 0 Å². The summed E-state index contributed by atoms with van der Waals surface area (Å²) >= 11 is 3.28. The van der Waals surface area contributed by atoms with Crippen LogP contribution in [0.3, 0.4) is 0 Å². The van der Waals surface area contributed by atoms with Gasteiger partial charge in [0, 0.05) is 22.6 Å². The zero-order valence-electron chi connectivity index (χ0n) is 10.00.